The molecule has 0 bridgehead atoms. The minimum Gasteiger partial charge on any atom is -0.482 e. The maximum Gasteiger partial charge on any atom is 0.344 e. The van der Waals surface area contributed by atoms with E-state index in [0.29, 0.717) is 17.0 Å². The lowest BCUT2D eigenvalue weighted by Crippen LogP contribution is -2.17. The molecule has 1 aromatic heterocycles. The third-order valence-corrected chi connectivity index (χ3v) is 5.41. The summed E-state index contributed by atoms with van der Waals surface area (Å²) >= 11 is 0. The van der Waals surface area contributed by atoms with Gasteiger partial charge >= 0.3 is 11.9 Å². The number of rotatable bonds is 6. The molecule has 6 heteroatoms. The van der Waals surface area contributed by atoms with Crippen LogP contribution in [0.4, 0.5) is 0 Å². The molecule has 1 aliphatic rings. The summed E-state index contributed by atoms with van der Waals surface area (Å²) in [6, 6.07) is 13.4. The monoisotopic (exact) mass is 405 g/mol. The van der Waals surface area contributed by atoms with Gasteiger partial charge in [-0.2, -0.15) is 0 Å². The molecule has 2 aromatic carbocycles. The van der Waals surface area contributed by atoms with Crippen LogP contribution >= 0.6 is 0 Å². The normalized spacial score (nSPS) is 12.5. The highest BCUT2D eigenvalue weighted by molar-refractivity contribution is 5.98. The maximum atomic E-state index is 12.3. The van der Waals surface area contributed by atoms with Gasteiger partial charge in [0.1, 0.15) is 12.4 Å². The van der Waals surface area contributed by atoms with Crippen molar-refractivity contribution < 1.29 is 23.8 Å². The first-order valence-corrected chi connectivity index (χ1v) is 9.93. The summed E-state index contributed by atoms with van der Waals surface area (Å²) in [6.45, 7) is 1.49. The van der Waals surface area contributed by atoms with Crippen LogP contribution in [-0.4, -0.2) is 30.6 Å². The van der Waals surface area contributed by atoms with Gasteiger partial charge in [0.2, 0.25) is 0 Å². The van der Waals surface area contributed by atoms with Gasteiger partial charge in [-0.3, -0.25) is 0 Å². The van der Waals surface area contributed by atoms with Gasteiger partial charge in [0, 0.05) is 5.39 Å². The van der Waals surface area contributed by atoms with Crippen molar-refractivity contribution in [3.05, 3.63) is 70.4 Å². The number of hydrogen-bond donors (Lipinski definition) is 0. The second-order valence-corrected chi connectivity index (χ2v) is 7.30. The van der Waals surface area contributed by atoms with Crippen LogP contribution in [0.2, 0.25) is 0 Å². The Morgan fingerprint density at radius 1 is 1.07 bits per heavy atom. The highest BCUT2D eigenvalue weighted by atomic mass is 16.6. The molecule has 0 fully saturated rings. The van der Waals surface area contributed by atoms with Gasteiger partial charge in [-0.15, -0.1) is 0 Å². The standard InChI is InChI=1S/C24H23NO5/c1-15-19-8-3-4-9-20(19)25-21(23(15)24(27)28-2)13-30-22(26)14-29-18-11-10-16-6-5-7-17(16)12-18/h3-4,8-12H,5-7,13-14H2,1-2H3. The minimum atomic E-state index is -0.529. The van der Waals surface area contributed by atoms with Crippen LogP contribution in [0.1, 0.15) is 39.2 Å². The molecule has 1 heterocycles. The van der Waals surface area contributed by atoms with E-state index in [4.69, 9.17) is 14.2 Å². The molecule has 0 atom stereocenters. The summed E-state index contributed by atoms with van der Waals surface area (Å²) in [5.41, 5.74) is 4.78. The van der Waals surface area contributed by atoms with Gasteiger partial charge in [0.25, 0.3) is 0 Å². The third kappa shape index (κ3) is 3.99. The zero-order chi connectivity index (χ0) is 21.1. The molecular formula is C24H23NO5. The number of pyridine rings is 1. The number of methoxy groups -OCH3 is 1. The molecule has 0 spiro atoms. The van der Waals surface area contributed by atoms with Gasteiger partial charge in [0.15, 0.2) is 6.61 Å². The molecule has 0 saturated heterocycles. The Morgan fingerprint density at radius 3 is 2.70 bits per heavy atom. The van der Waals surface area contributed by atoms with Crippen LogP contribution < -0.4 is 4.74 Å². The smallest absolute Gasteiger partial charge is 0.344 e. The van der Waals surface area contributed by atoms with Crippen LogP contribution in [0.25, 0.3) is 10.9 Å². The molecule has 0 saturated carbocycles. The summed E-state index contributed by atoms with van der Waals surface area (Å²) in [4.78, 5) is 29.1. The topological polar surface area (TPSA) is 74.7 Å². The van der Waals surface area contributed by atoms with Crippen molar-refractivity contribution in [3.63, 3.8) is 0 Å². The average molecular weight is 405 g/mol. The molecule has 6 nitrogen and oxygen atoms in total. The van der Waals surface area contributed by atoms with E-state index >= 15 is 0 Å². The Kier molecular flexibility index (Phi) is 5.65. The van der Waals surface area contributed by atoms with Crippen LogP contribution in [0.15, 0.2) is 42.5 Å². The summed E-state index contributed by atoms with van der Waals surface area (Å²) in [6.07, 6.45) is 3.29. The fraction of sp³-hybridized carbons (Fsp3) is 0.292. The first-order valence-electron chi connectivity index (χ1n) is 9.93. The molecule has 0 unspecified atom stereocenters. The van der Waals surface area contributed by atoms with Crippen molar-refractivity contribution in [3.8, 4) is 5.75 Å². The van der Waals surface area contributed by atoms with Gasteiger partial charge in [0.05, 0.1) is 23.9 Å². The SMILES string of the molecule is COC(=O)c1c(COC(=O)COc2ccc3c(c2)CCC3)nc2ccccc2c1C. The number of nitrogens with zero attached hydrogens (tertiary/aromatic N) is 1. The van der Waals surface area contributed by atoms with Gasteiger partial charge in [-0.1, -0.05) is 24.3 Å². The molecule has 0 N–H and O–H groups in total. The Hall–Kier alpha value is -3.41. The highest BCUT2D eigenvalue weighted by Crippen LogP contribution is 2.26. The van der Waals surface area contributed by atoms with E-state index in [1.807, 2.05) is 49.4 Å². The molecule has 0 amide bonds. The number of carbonyl (C=O) groups is 2. The lowest BCUT2D eigenvalue weighted by Gasteiger charge is -2.14. The number of aromatic nitrogens is 1. The molecular weight excluding hydrogens is 382 g/mol. The Labute approximate surface area is 174 Å². The van der Waals surface area contributed by atoms with Crippen molar-refractivity contribution in [1.29, 1.82) is 0 Å². The fourth-order valence-electron chi connectivity index (χ4n) is 3.89. The number of aryl methyl sites for hydroxylation is 3. The Balaban J connectivity index is 1.46. The molecule has 0 radical (unpaired) electrons. The zero-order valence-electron chi connectivity index (χ0n) is 17.1. The number of esters is 2. The second kappa shape index (κ2) is 8.53. The van der Waals surface area contributed by atoms with E-state index in [9.17, 15) is 9.59 Å². The van der Waals surface area contributed by atoms with Gasteiger partial charge in [-0.25, -0.2) is 14.6 Å². The van der Waals surface area contributed by atoms with Crippen molar-refractivity contribution in [2.24, 2.45) is 0 Å². The Bertz CT molecular complexity index is 1120. The van der Waals surface area contributed by atoms with E-state index in [1.54, 1.807) is 0 Å². The first kappa shape index (κ1) is 19.9. The summed E-state index contributed by atoms with van der Waals surface area (Å²) in [5, 5.41) is 0.855. The van der Waals surface area contributed by atoms with Gasteiger partial charge in [-0.05, 0) is 61.1 Å². The number of benzene rings is 2. The quantitative estimate of drug-likeness (QED) is 0.578. The van der Waals surface area contributed by atoms with Crippen molar-refractivity contribution in [2.45, 2.75) is 32.8 Å². The van der Waals surface area contributed by atoms with Crippen LogP contribution in [0.3, 0.4) is 0 Å². The lowest BCUT2D eigenvalue weighted by molar-refractivity contribution is -0.147. The number of ether oxygens (including phenoxy) is 3. The lowest BCUT2D eigenvalue weighted by atomic mass is 10.0. The van der Waals surface area contributed by atoms with Crippen molar-refractivity contribution >= 4 is 22.8 Å². The first-order chi connectivity index (χ1) is 14.6. The molecule has 0 aliphatic heterocycles. The molecule has 1 aliphatic carbocycles. The van der Waals surface area contributed by atoms with Crippen LogP contribution in [0.5, 0.6) is 5.75 Å². The van der Waals surface area contributed by atoms with E-state index < -0.39 is 11.9 Å². The van der Waals surface area contributed by atoms with Crippen LogP contribution in [-0.2, 0) is 33.7 Å². The molecule has 4 rings (SSSR count). The fourth-order valence-corrected chi connectivity index (χ4v) is 3.89. The second-order valence-electron chi connectivity index (χ2n) is 7.30. The predicted molar refractivity (Wildman–Crippen MR) is 112 cm³/mol. The minimum absolute atomic E-state index is 0.136. The van der Waals surface area contributed by atoms with E-state index in [-0.39, 0.29) is 13.2 Å². The highest BCUT2D eigenvalue weighted by Gasteiger charge is 2.20. The third-order valence-electron chi connectivity index (χ3n) is 5.41. The van der Waals surface area contributed by atoms with Crippen molar-refractivity contribution in [2.75, 3.05) is 13.7 Å². The summed E-state index contributed by atoms with van der Waals surface area (Å²) < 4.78 is 15.8. The summed E-state index contributed by atoms with van der Waals surface area (Å²) in [7, 11) is 1.32. The zero-order valence-corrected chi connectivity index (χ0v) is 17.1. The van der Waals surface area contributed by atoms with E-state index in [0.717, 1.165) is 35.7 Å². The van der Waals surface area contributed by atoms with Crippen molar-refractivity contribution in [1.82, 2.24) is 4.98 Å². The largest absolute Gasteiger partial charge is 0.482 e. The number of hydrogen-bond acceptors (Lipinski definition) is 6. The molecule has 154 valence electrons. The summed E-state index contributed by atoms with van der Waals surface area (Å²) in [5.74, 6) is -0.382. The van der Waals surface area contributed by atoms with Gasteiger partial charge < -0.3 is 14.2 Å². The Morgan fingerprint density at radius 2 is 1.87 bits per heavy atom. The molecule has 30 heavy (non-hydrogen) atoms. The van der Waals surface area contributed by atoms with E-state index in [2.05, 4.69) is 4.98 Å². The predicted octanol–water partition coefficient (Wildman–Crippen LogP) is 3.94. The average Bonchev–Trinajstić information content (AvgIpc) is 3.24. The maximum absolute atomic E-state index is 12.3. The van der Waals surface area contributed by atoms with E-state index in [1.165, 1.54) is 18.2 Å². The molecule has 3 aromatic rings. The number of para-hydroxylation sites is 1. The number of fused-ring (bicyclic) bond motifs is 2. The van der Waals surface area contributed by atoms with Crippen LogP contribution in [0, 0.1) is 6.92 Å². The number of carbonyl (C=O) groups excluding carboxylic acids is 2.